The molecule has 1 aliphatic heterocycles. The molecule has 0 aliphatic carbocycles. The Kier molecular flexibility index (Phi) is 3.33. The zero-order valence-corrected chi connectivity index (χ0v) is 10.1. The topological polar surface area (TPSA) is 58.6 Å². The predicted molar refractivity (Wildman–Crippen MR) is 65.6 cm³/mol. The molecule has 92 valence electrons. The van der Waals surface area contributed by atoms with Gasteiger partial charge in [0.1, 0.15) is 0 Å². The number of hydrogen-bond acceptors (Lipinski definition) is 3. The summed E-state index contributed by atoms with van der Waals surface area (Å²) in [5.74, 6) is -0.891. The summed E-state index contributed by atoms with van der Waals surface area (Å²) in [6.45, 7) is 4.74. The second-order valence-electron chi connectivity index (χ2n) is 4.45. The van der Waals surface area contributed by atoms with Crippen molar-refractivity contribution in [3.63, 3.8) is 0 Å². The van der Waals surface area contributed by atoms with Crippen LogP contribution in [0.25, 0.3) is 0 Å². The Labute approximate surface area is 101 Å². The van der Waals surface area contributed by atoms with Gasteiger partial charge in [-0.25, -0.2) is 4.79 Å². The molecule has 1 aliphatic rings. The van der Waals surface area contributed by atoms with E-state index < -0.39 is 5.97 Å². The van der Waals surface area contributed by atoms with E-state index in [1.54, 1.807) is 12.1 Å². The average molecular weight is 235 g/mol. The summed E-state index contributed by atoms with van der Waals surface area (Å²) in [7, 11) is 0. The third kappa shape index (κ3) is 2.58. The van der Waals surface area contributed by atoms with E-state index in [2.05, 4.69) is 5.32 Å². The number of carboxylic acid groups (broad SMARTS) is 1. The molecule has 1 heterocycles. The molecule has 4 nitrogen and oxygen atoms in total. The lowest BCUT2D eigenvalue weighted by Crippen LogP contribution is -2.27. The molecule has 2 unspecified atom stereocenters. The van der Waals surface area contributed by atoms with Gasteiger partial charge in [0.2, 0.25) is 0 Å². The number of anilines is 1. The number of benzene rings is 1. The highest BCUT2D eigenvalue weighted by Gasteiger charge is 2.24. The maximum absolute atomic E-state index is 10.8. The summed E-state index contributed by atoms with van der Waals surface area (Å²) >= 11 is 0. The number of nitrogens with one attached hydrogen (secondary N) is 1. The molecule has 0 saturated carbocycles. The van der Waals surface area contributed by atoms with E-state index in [1.165, 1.54) is 0 Å². The molecular formula is C13H17NO3. The second kappa shape index (κ2) is 4.75. The third-order valence-electron chi connectivity index (χ3n) is 3.19. The molecule has 1 aromatic rings. The van der Waals surface area contributed by atoms with Crippen LogP contribution in [0.2, 0.25) is 0 Å². The summed E-state index contributed by atoms with van der Waals surface area (Å²) in [6, 6.07) is 5.44. The fourth-order valence-corrected chi connectivity index (χ4v) is 2.08. The summed E-state index contributed by atoms with van der Waals surface area (Å²) in [5, 5.41) is 12.3. The van der Waals surface area contributed by atoms with Crippen molar-refractivity contribution >= 4 is 11.7 Å². The lowest BCUT2D eigenvalue weighted by atomic mass is 10.1. The molecule has 2 rings (SSSR count). The highest BCUT2D eigenvalue weighted by Crippen LogP contribution is 2.22. The second-order valence-corrected chi connectivity index (χ2v) is 4.45. The van der Waals surface area contributed by atoms with Gasteiger partial charge in [-0.1, -0.05) is 0 Å². The maximum Gasteiger partial charge on any atom is 0.335 e. The van der Waals surface area contributed by atoms with Gasteiger partial charge in [-0.2, -0.15) is 0 Å². The molecule has 1 saturated heterocycles. The van der Waals surface area contributed by atoms with E-state index in [-0.39, 0.29) is 6.10 Å². The van der Waals surface area contributed by atoms with E-state index in [9.17, 15) is 4.79 Å². The summed E-state index contributed by atoms with van der Waals surface area (Å²) < 4.78 is 5.48. The van der Waals surface area contributed by atoms with Gasteiger partial charge in [0, 0.05) is 12.3 Å². The van der Waals surface area contributed by atoms with Gasteiger partial charge in [-0.3, -0.25) is 0 Å². The zero-order chi connectivity index (χ0) is 12.4. The summed E-state index contributed by atoms with van der Waals surface area (Å²) in [5.41, 5.74) is 2.25. The predicted octanol–water partition coefficient (Wildman–Crippen LogP) is 2.28. The molecule has 0 spiro atoms. The quantitative estimate of drug-likeness (QED) is 0.843. The standard InChI is InChI=1S/C13H17NO3/c1-8-7-10(13(15)16)3-4-11(8)14-12-5-6-17-9(12)2/h3-4,7,9,12,14H,5-6H2,1-2H3,(H,15,16). The van der Waals surface area contributed by atoms with Gasteiger partial charge in [-0.15, -0.1) is 0 Å². The van der Waals surface area contributed by atoms with E-state index in [1.807, 2.05) is 19.9 Å². The molecular weight excluding hydrogens is 218 g/mol. The normalized spacial score (nSPS) is 23.6. The SMILES string of the molecule is Cc1cc(C(=O)O)ccc1NC1CCOC1C. The number of hydrogen-bond donors (Lipinski definition) is 2. The highest BCUT2D eigenvalue weighted by atomic mass is 16.5. The highest BCUT2D eigenvalue weighted by molar-refractivity contribution is 5.88. The molecule has 17 heavy (non-hydrogen) atoms. The molecule has 0 radical (unpaired) electrons. The van der Waals surface area contributed by atoms with Crippen LogP contribution >= 0.6 is 0 Å². The fourth-order valence-electron chi connectivity index (χ4n) is 2.08. The van der Waals surface area contributed by atoms with Crippen LogP contribution in [0.3, 0.4) is 0 Å². The number of aromatic carboxylic acids is 1. The Morgan fingerprint density at radius 2 is 2.29 bits per heavy atom. The van der Waals surface area contributed by atoms with E-state index in [0.29, 0.717) is 11.6 Å². The van der Waals surface area contributed by atoms with Gasteiger partial charge in [0.15, 0.2) is 0 Å². The number of rotatable bonds is 3. The lowest BCUT2D eigenvalue weighted by Gasteiger charge is -2.19. The Hall–Kier alpha value is -1.55. The zero-order valence-electron chi connectivity index (χ0n) is 10.1. The van der Waals surface area contributed by atoms with Crippen molar-refractivity contribution in [2.45, 2.75) is 32.4 Å². The first-order valence-electron chi connectivity index (χ1n) is 5.80. The molecule has 0 bridgehead atoms. The van der Waals surface area contributed by atoms with Crippen LogP contribution in [-0.4, -0.2) is 29.8 Å². The number of carbonyl (C=O) groups is 1. The number of ether oxygens (including phenoxy) is 1. The molecule has 0 aromatic heterocycles. The van der Waals surface area contributed by atoms with E-state index in [4.69, 9.17) is 9.84 Å². The number of carboxylic acids is 1. The maximum atomic E-state index is 10.8. The van der Waals surface area contributed by atoms with Crippen LogP contribution in [0.4, 0.5) is 5.69 Å². The minimum atomic E-state index is -0.891. The molecule has 1 aromatic carbocycles. The van der Waals surface area contributed by atoms with Crippen LogP contribution in [0.1, 0.15) is 29.3 Å². The van der Waals surface area contributed by atoms with Crippen molar-refractivity contribution < 1.29 is 14.6 Å². The first-order chi connectivity index (χ1) is 8.08. The van der Waals surface area contributed by atoms with Crippen molar-refractivity contribution in [1.29, 1.82) is 0 Å². The van der Waals surface area contributed by atoms with Crippen LogP contribution in [-0.2, 0) is 4.74 Å². The number of aryl methyl sites for hydroxylation is 1. The van der Waals surface area contributed by atoms with E-state index >= 15 is 0 Å². The minimum absolute atomic E-state index is 0.202. The van der Waals surface area contributed by atoms with Crippen molar-refractivity contribution in [2.24, 2.45) is 0 Å². The van der Waals surface area contributed by atoms with Gasteiger partial charge in [-0.05, 0) is 44.0 Å². The Morgan fingerprint density at radius 3 is 2.82 bits per heavy atom. The largest absolute Gasteiger partial charge is 0.478 e. The van der Waals surface area contributed by atoms with Gasteiger partial charge in [0.25, 0.3) is 0 Å². The molecule has 2 N–H and O–H groups in total. The molecule has 0 amide bonds. The smallest absolute Gasteiger partial charge is 0.335 e. The van der Waals surface area contributed by atoms with Gasteiger partial charge >= 0.3 is 5.97 Å². The van der Waals surface area contributed by atoms with E-state index in [0.717, 1.165) is 24.3 Å². The first-order valence-corrected chi connectivity index (χ1v) is 5.80. The molecule has 1 fully saturated rings. The van der Waals surface area contributed by atoms with Crippen molar-refractivity contribution in [2.75, 3.05) is 11.9 Å². The molecule has 2 atom stereocenters. The van der Waals surface area contributed by atoms with Crippen molar-refractivity contribution in [3.8, 4) is 0 Å². The monoisotopic (exact) mass is 235 g/mol. The van der Waals surface area contributed by atoms with Crippen molar-refractivity contribution in [3.05, 3.63) is 29.3 Å². The molecule has 4 heteroatoms. The van der Waals surface area contributed by atoms with Crippen LogP contribution in [0.5, 0.6) is 0 Å². The Balaban J connectivity index is 2.14. The third-order valence-corrected chi connectivity index (χ3v) is 3.19. The summed E-state index contributed by atoms with van der Waals surface area (Å²) in [6.07, 6.45) is 1.19. The lowest BCUT2D eigenvalue weighted by molar-refractivity contribution is 0.0697. The van der Waals surface area contributed by atoms with Crippen molar-refractivity contribution in [1.82, 2.24) is 0 Å². The van der Waals surface area contributed by atoms with Gasteiger partial charge in [0.05, 0.1) is 17.7 Å². The van der Waals surface area contributed by atoms with Crippen LogP contribution in [0.15, 0.2) is 18.2 Å². The van der Waals surface area contributed by atoms with Crippen LogP contribution in [0, 0.1) is 6.92 Å². The minimum Gasteiger partial charge on any atom is -0.478 e. The fraction of sp³-hybridized carbons (Fsp3) is 0.462. The first kappa shape index (κ1) is 11.9. The average Bonchev–Trinajstić information content (AvgIpc) is 2.67. The van der Waals surface area contributed by atoms with Gasteiger partial charge < -0.3 is 15.2 Å². The van der Waals surface area contributed by atoms with Crippen LogP contribution < -0.4 is 5.32 Å². The Bertz CT molecular complexity index is 431. The summed E-state index contributed by atoms with van der Waals surface area (Å²) in [4.78, 5) is 10.8. The Morgan fingerprint density at radius 1 is 1.53 bits per heavy atom.